The number of Topliss-reactive ketones (excluding diaryl/α,β-unsaturated/α-hetero) is 1. The fourth-order valence-electron chi connectivity index (χ4n) is 2.80. The van der Waals surface area contributed by atoms with Gasteiger partial charge in [-0.2, -0.15) is 0 Å². The van der Waals surface area contributed by atoms with E-state index < -0.39 is 8.07 Å². The van der Waals surface area contributed by atoms with Gasteiger partial charge < -0.3 is 0 Å². The molecule has 0 unspecified atom stereocenters. The Morgan fingerprint density at radius 2 is 1.86 bits per heavy atom. The first-order valence-electron chi connectivity index (χ1n) is 5.76. The lowest BCUT2D eigenvalue weighted by atomic mass is 9.81. The zero-order chi connectivity index (χ0) is 10.3. The van der Waals surface area contributed by atoms with Crippen molar-refractivity contribution in [3.8, 4) is 0 Å². The Hall–Kier alpha value is -0.373. The molecule has 0 radical (unpaired) electrons. The first-order valence-corrected chi connectivity index (χ1v) is 9.26. The second kappa shape index (κ2) is 3.33. The number of carbonyl (C=O) groups excluding carboxylic acids is 1. The third-order valence-corrected chi connectivity index (χ3v) is 5.64. The predicted octanol–water partition coefficient (Wildman–Crippen LogP) is 3.18. The van der Waals surface area contributed by atoms with Crippen molar-refractivity contribution in [3.05, 3.63) is 11.3 Å². The summed E-state index contributed by atoms with van der Waals surface area (Å²) in [5, 5.41) is 1.23. The van der Waals surface area contributed by atoms with Crippen molar-refractivity contribution < 1.29 is 4.79 Å². The predicted molar refractivity (Wildman–Crippen MR) is 61.9 cm³/mol. The highest BCUT2D eigenvalue weighted by Gasteiger charge is 2.41. The van der Waals surface area contributed by atoms with Gasteiger partial charge in [0, 0.05) is 5.92 Å². The maximum absolute atomic E-state index is 12.2. The Morgan fingerprint density at radius 1 is 1.21 bits per heavy atom. The van der Waals surface area contributed by atoms with Crippen LogP contribution in [0.1, 0.15) is 25.7 Å². The summed E-state index contributed by atoms with van der Waals surface area (Å²) < 4.78 is 0. The molecule has 1 saturated carbocycles. The number of rotatable bonds is 1. The summed E-state index contributed by atoms with van der Waals surface area (Å²) in [6.45, 7) is 6.86. The van der Waals surface area contributed by atoms with Gasteiger partial charge in [0.2, 0.25) is 0 Å². The minimum absolute atomic E-state index is 0.380. The molecule has 1 nitrogen and oxygen atoms in total. The average molecular weight is 208 g/mol. The minimum atomic E-state index is -1.36. The summed E-state index contributed by atoms with van der Waals surface area (Å²) in [4.78, 5) is 12.2. The summed E-state index contributed by atoms with van der Waals surface area (Å²) in [6.07, 6.45) is 7.32. The van der Waals surface area contributed by atoms with Gasteiger partial charge in [-0.05, 0) is 24.0 Å². The number of hydrogen-bond acceptors (Lipinski definition) is 1. The molecule has 0 N–H and O–H groups in total. The van der Waals surface area contributed by atoms with Crippen LogP contribution in [0.4, 0.5) is 0 Å². The van der Waals surface area contributed by atoms with Gasteiger partial charge >= 0.3 is 0 Å². The van der Waals surface area contributed by atoms with Crippen molar-refractivity contribution in [2.24, 2.45) is 11.8 Å². The molecule has 0 spiro atoms. The number of ketones is 1. The second-order valence-corrected chi connectivity index (χ2v) is 10.8. The molecule has 78 valence electrons. The molecule has 2 rings (SSSR count). The van der Waals surface area contributed by atoms with Gasteiger partial charge in [-0.1, -0.05) is 38.6 Å². The van der Waals surface area contributed by atoms with Gasteiger partial charge in [-0.15, -0.1) is 0 Å². The van der Waals surface area contributed by atoms with E-state index in [1.807, 2.05) is 0 Å². The van der Waals surface area contributed by atoms with Gasteiger partial charge in [0.25, 0.3) is 0 Å². The first kappa shape index (κ1) is 10.2. The maximum Gasteiger partial charge on any atom is 0.158 e. The Bertz CT molecular complexity index is 285. The number of allylic oxidation sites excluding steroid dienone is 2. The SMILES string of the molecule is C[Si](C)(C)C1=C[C@H]2CCCC[C@H]2C1=O. The van der Waals surface area contributed by atoms with Gasteiger partial charge in [0.05, 0.1) is 8.07 Å². The van der Waals surface area contributed by atoms with E-state index in [1.54, 1.807) is 0 Å². The smallest absolute Gasteiger partial charge is 0.158 e. The Morgan fingerprint density at radius 3 is 2.43 bits per heavy atom. The highest BCUT2D eigenvalue weighted by atomic mass is 28.3. The normalized spacial score (nSPS) is 32.8. The largest absolute Gasteiger partial charge is 0.295 e. The van der Waals surface area contributed by atoms with Gasteiger partial charge in [0.1, 0.15) is 0 Å². The van der Waals surface area contributed by atoms with E-state index >= 15 is 0 Å². The van der Waals surface area contributed by atoms with Crippen molar-refractivity contribution in [1.29, 1.82) is 0 Å². The highest BCUT2D eigenvalue weighted by molar-refractivity contribution is 6.87. The summed E-state index contributed by atoms with van der Waals surface area (Å²) in [7, 11) is -1.36. The third kappa shape index (κ3) is 1.60. The van der Waals surface area contributed by atoms with Crippen LogP contribution in [0, 0.1) is 11.8 Å². The van der Waals surface area contributed by atoms with Crippen molar-refractivity contribution in [1.82, 2.24) is 0 Å². The average Bonchev–Trinajstić information content (AvgIpc) is 2.44. The molecule has 2 aliphatic rings. The lowest BCUT2D eigenvalue weighted by molar-refractivity contribution is -0.119. The van der Waals surface area contributed by atoms with Crippen molar-refractivity contribution in [3.63, 3.8) is 0 Å². The van der Waals surface area contributed by atoms with Crippen LogP contribution >= 0.6 is 0 Å². The summed E-state index contributed by atoms with van der Waals surface area (Å²) in [5.74, 6) is 1.50. The Kier molecular flexibility index (Phi) is 2.42. The van der Waals surface area contributed by atoms with E-state index in [0.717, 1.165) is 6.42 Å². The lowest BCUT2D eigenvalue weighted by Crippen LogP contribution is -2.30. The monoisotopic (exact) mass is 208 g/mol. The van der Waals surface area contributed by atoms with Crippen LogP contribution in [0.5, 0.6) is 0 Å². The van der Waals surface area contributed by atoms with E-state index in [4.69, 9.17) is 0 Å². The molecule has 2 heteroatoms. The summed E-state index contributed by atoms with van der Waals surface area (Å²) in [5.41, 5.74) is 0. The fraction of sp³-hybridized carbons (Fsp3) is 0.750. The van der Waals surface area contributed by atoms with Crippen LogP contribution in [0.15, 0.2) is 11.3 Å². The molecule has 2 atom stereocenters. The molecule has 0 aromatic carbocycles. The summed E-state index contributed by atoms with van der Waals surface area (Å²) in [6, 6.07) is 0. The summed E-state index contributed by atoms with van der Waals surface area (Å²) >= 11 is 0. The van der Waals surface area contributed by atoms with Gasteiger partial charge in [0.15, 0.2) is 5.78 Å². The second-order valence-electron chi connectivity index (χ2n) is 5.75. The number of hydrogen-bond donors (Lipinski definition) is 0. The molecule has 0 heterocycles. The molecular weight excluding hydrogens is 188 g/mol. The minimum Gasteiger partial charge on any atom is -0.295 e. The molecule has 0 saturated heterocycles. The molecule has 2 aliphatic carbocycles. The lowest BCUT2D eigenvalue weighted by Gasteiger charge is -2.23. The van der Waals surface area contributed by atoms with Crippen LogP contribution in [0.2, 0.25) is 19.6 Å². The zero-order valence-electron chi connectivity index (χ0n) is 9.47. The zero-order valence-corrected chi connectivity index (χ0v) is 10.5. The van der Waals surface area contributed by atoms with E-state index in [2.05, 4.69) is 25.7 Å². The van der Waals surface area contributed by atoms with Crippen molar-refractivity contribution in [2.75, 3.05) is 0 Å². The maximum atomic E-state index is 12.2. The van der Waals surface area contributed by atoms with Crippen LogP contribution in [-0.4, -0.2) is 13.9 Å². The van der Waals surface area contributed by atoms with Gasteiger partial charge in [-0.3, -0.25) is 4.79 Å². The molecule has 1 fully saturated rings. The van der Waals surface area contributed by atoms with Crippen LogP contribution in [0.3, 0.4) is 0 Å². The van der Waals surface area contributed by atoms with E-state index in [-0.39, 0.29) is 0 Å². The number of carbonyl (C=O) groups is 1. The Labute approximate surface area is 87.6 Å². The fourth-order valence-corrected chi connectivity index (χ4v) is 4.44. The van der Waals surface area contributed by atoms with E-state index in [1.165, 1.54) is 24.5 Å². The topological polar surface area (TPSA) is 17.1 Å². The first-order chi connectivity index (χ1) is 6.50. The quantitative estimate of drug-likeness (QED) is 0.605. The highest BCUT2D eigenvalue weighted by Crippen LogP contribution is 2.41. The van der Waals surface area contributed by atoms with E-state index in [9.17, 15) is 4.79 Å². The third-order valence-electron chi connectivity index (χ3n) is 3.61. The molecule has 0 aliphatic heterocycles. The number of fused-ring (bicyclic) bond motifs is 1. The van der Waals surface area contributed by atoms with Crippen LogP contribution < -0.4 is 0 Å². The van der Waals surface area contributed by atoms with Crippen LogP contribution in [-0.2, 0) is 4.79 Å². The molecular formula is C12H20OSi. The van der Waals surface area contributed by atoms with Crippen molar-refractivity contribution in [2.45, 2.75) is 45.3 Å². The molecule has 14 heavy (non-hydrogen) atoms. The molecule has 0 bridgehead atoms. The van der Waals surface area contributed by atoms with Crippen molar-refractivity contribution >= 4 is 13.9 Å². The Balaban J connectivity index is 2.25. The van der Waals surface area contributed by atoms with Gasteiger partial charge in [-0.25, -0.2) is 0 Å². The molecule has 0 aromatic rings. The molecule has 0 amide bonds. The van der Waals surface area contributed by atoms with E-state index in [0.29, 0.717) is 17.6 Å². The standard InChI is InChI=1S/C12H20OSi/c1-14(2,3)11-8-9-6-4-5-7-10(9)12(11)13/h8-10H,4-7H2,1-3H3/t9-,10-/m1/s1. The van der Waals surface area contributed by atoms with Crippen LogP contribution in [0.25, 0.3) is 0 Å². The molecule has 0 aromatic heterocycles.